The van der Waals surface area contributed by atoms with Crippen molar-refractivity contribution in [3.63, 3.8) is 0 Å². The lowest BCUT2D eigenvalue weighted by molar-refractivity contribution is 0.176. The van der Waals surface area contributed by atoms with Gasteiger partial charge >= 0.3 is 0 Å². The van der Waals surface area contributed by atoms with E-state index in [9.17, 15) is 0 Å². The molecule has 9 nitrogen and oxygen atoms in total. The Morgan fingerprint density at radius 1 is 1.06 bits per heavy atom. The number of rotatable bonds is 7. The van der Waals surface area contributed by atoms with Crippen LogP contribution in [0.4, 0.5) is 0 Å². The van der Waals surface area contributed by atoms with Crippen molar-refractivity contribution >= 4 is 22.6 Å². The lowest BCUT2D eigenvalue weighted by Crippen LogP contribution is -2.10. The van der Waals surface area contributed by atoms with E-state index in [4.69, 9.17) is 30.8 Å². The molecule has 31 heavy (non-hydrogen) atoms. The highest BCUT2D eigenvalue weighted by atomic mass is 35.5. The number of hydrogen-bond donors (Lipinski definition) is 0. The number of pyridine rings is 1. The SMILES string of the molecule is CCc1c(Cl)cc2nc(OC)c(OC)nc2c1-n1c(COC)nnc1-c1cccnc1. The largest absolute Gasteiger partial charge is 0.477 e. The molecular formula is C21H21ClN6O3. The minimum Gasteiger partial charge on any atom is -0.477 e. The number of benzene rings is 1. The molecule has 0 saturated carbocycles. The lowest BCUT2D eigenvalue weighted by atomic mass is 10.1. The summed E-state index contributed by atoms with van der Waals surface area (Å²) in [5.41, 5.74) is 3.53. The highest BCUT2D eigenvalue weighted by Gasteiger charge is 2.24. The van der Waals surface area contributed by atoms with E-state index in [1.165, 1.54) is 14.2 Å². The quantitative estimate of drug-likeness (QED) is 0.429. The average Bonchev–Trinajstić information content (AvgIpc) is 3.21. The molecule has 0 amide bonds. The molecule has 0 spiro atoms. The van der Waals surface area contributed by atoms with Crippen LogP contribution in [-0.4, -0.2) is 51.0 Å². The van der Waals surface area contributed by atoms with Gasteiger partial charge in [-0.05, 0) is 30.2 Å². The molecule has 1 aromatic carbocycles. The molecule has 0 radical (unpaired) electrons. The molecule has 0 atom stereocenters. The Kier molecular flexibility index (Phi) is 5.97. The monoisotopic (exact) mass is 440 g/mol. The number of halogens is 1. The van der Waals surface area contributed by atoms with E-state index >= 15 is 0 Å². The van der Waals surface area contributed by atoms with Gasteiger partial charge in [-0.3, -0.25) is 9.55 Å². The Labute approximate surface area is 184 Å². The number of hydrogen-bond acceptors (Lipinski definition) is 8. The highest BCUT2D eigenvalue weighted by Crippen LogP contribution is 2.37. The van der Waals surface area contributed by atoms with Crippen molar-refractivity contribution in [2.24, 2.45) is 0 Å². The third kappa shape index (κ3) is 3.66. The third-order valence-corrected chi connectivity index (χ3v) is 5.15. The van der Waals surface area contributed by atoms with Crippen molar-refractivity contribution in [3.8, 4) is 28.8 Å². The maximum Gasteiger partial charge on any atom is 0.278 e. The molecule has 0 N–H and O–H groups in total. The smallest absolute Gasteiger partial charge is 0.278 e. The van der Waals surface area contributed by atoms with Gasteiger partial charge in [-0.15, -0.1) is 10.2 Å². The van der Waals surface area contributed by atoms with Gasteiger partial charge in [0, 0.05) is 30.1 Å². The second kappa shape index (κ2) is 8.83. The van der Waals surface area contributed by atoms with Crippen LogP contribution in [0.25, 0.3) is 28.1 Å². The van der Waals surface area contributed by atoms with Crippen molar-refractivity contribution in [3.05, 3.63) is 47.0 Å². The minimum absolute atomic E-state index is 0.241. The maximum atomic E-state index is 6.68. The molecule has 0 saturated heterocycles. The van der Waals surface area contributed by atoms with E-state index in [1.54, 1.807) is 25.6 Å². The molecule has 160 valence electrons. The van der Waals surface area contributed by atoms with Crippen molar-refractivity contribution in [1.82, 2.24) is 29.7 Å². The predicted molar refractivity (Wildman–Crippen MR) is 116 cm³/mol. The molecule has 0 aliphatic heterocycles. The van der Waals surface area contributed by atoms with E-state index < -0.39 is 0 Å². The van der Waals surface area contributed by atoms with E-state index in [2.05, 4.69) is 20.2 Å². The first-order valence-corrected chi connectivity index (χ1v) is 9.95. The third-order valence-electron chi connectivity index (χ3n) is 4.81. The van der Waals surface area contributed by atoms with Crippen molar-refractivity contribution in [2.45, 2.75) is 20.0 Å². The topological polar surface area (TPSA) is 97.1 Å². The van der Waals surface area contributed by atoms with Crippen LogP contribution in [0.1, 0.15) is 18.3 Å². The summed E-state index contributed by atoms with van der Waals surface area (Å²) in [6.45, 7) is 2.26. The van der Waals surface area contributed by atoms with Crippen LogP contribution in [0.3, 0.4) is 0 Å². The first kappa shape index (κ1) is 21.0. The molecule has 4 aromatic rings. The molecule has 10 heteroatoms. The van der Waals surface area contributed by atoms with Crippen LogP contribution < -0.4 is 9.47 Å². The standard InChI is InChI=1S/C21H21ClN6O3/c1-5-13-14(22)9-15-17(25-21(31-4)20(24-15)30-3)18(13)28-16(11-29-2)26-27-19(28)12-7-6-8-23-10-12/h6-10H,5,11H2,1-4H3. The first-order chi connectivity index (χ1) is 15.1. The zero-order valence-electron chi connectivity index (χ0n) is 17.6. The molecular weight excluding hydrogens is 420 g/mol. The van der Waals surface area contributed by atoms with E-state index in [0.717, 1.165) is 11.1 Å². The molecule has 0 fully saturated rings. The lowest BCUT2D eigenvalue weighted by Gasteiger charge is -2.18. The fourth-order valence-corrected chi connectivity index (χ4v) is 3.78. The Hall–Kier alpha value is -3.30. The number of fused-ring (bicyclic) bond motifs is 1. The second-order valence-electron chi connectivity index (χ2n) is 6.60. The van der Waals surface area contributed by atoms with Crippen LogP contribution in [0.2, 0.25) is 5.02 Å². The highest BCUT2D eigenvalue weighted by molar-refractivity contribution is 6.32. The van der Waals surface area contributed by atoms with Gasteiger partial charge in [0.15, 0.2) is 11.6 Å². The van der Waals surface area contributed by atoms with Crippen molar-refractivity contribution in [2.75, 3.05) is 21.3 Å². The van der Waals surface area contributed by atoms with Gasteiger partial charge in [-0.25, -0.2) is 9.97 Å². The Bertz CT molecular complexity index is 1230. The molecule has 3 aromatic heterocycles. The average molecular weight is 441 g/mol. The summed E-state index contributed by atoms with van der Waals surface area (Å²) < 4.78 is 18.0. The van der Waals surface area contributed by atoms with Gasteiger partial charge in [0.05, 0.1) is 25.4 Å². The summed E-state index contributed by atoms with van der Waals surface area (Å²) in [4.78, 5) is 13.5. The summed E-state index contributed by atoms with van der Waals surface area (Å²) in [6.07, 6.45) is 4.08. The van der Waals surface area contributed by atoms with Crippen LogP contribution in [0, 0.1) is 0 Å². The number of nitrogens with zero attached hydrogens (tertiary/aromatic N) is 6. The van der Waals surface area contributed by atoms with Gasteiger partial charge < -0.3 is 14.2 Å². The van der Waals surface area contributed by atoms with Crippen LogP contribution in [-0.2, 0) is 17.8 Å². The Morgan fingerprint density at radius 3 is 2.48 bits per heavy atom. The summed E-state index contributed by atoms with van der Waals surface area (Å²) in [5, 5.41) is 9.33. The van der Waals surface area contributed by atoms with Gasteiger partial charge in [-0.2, -0.15) is 0 Å². The first-order valence-electron chi connectivity index (χ1n) is 9.58. The summed E-state index contributed by atoms with van der Waals surface area (Å²) in [7, 11) is 4.64. The minimum atomic E-state index is 0.241. The number of ether oxygens (including phenoxy) is 3. The number of methoxy groups -OCH3 is 3. The molecule has 0 aliphatic rings. The molecule has 0 unspecified atom stereocenters. The molecule has 0 aliphatic carbocycles. The van der Waals surface area contributed by atoms with Gasteiger partial charge in [0.2, 0.25) is 0 Å². The van der Waals surface area contributed by atoms with Crippen LogP contribution in [0.5, 0.6) is 11.8 Å². The second-order valence-corrected chi connectivity index (χ2v) is 7.01. The zero-order valence-corrected chi connectivity index (χ0v) is 18.3. The van der Waals surface area contributed by atoms with Gasteiger partial charge in [-0.1, -0.05) is 18.5 Å². The van der Waals surface area contributed by atoms with E-state index in [0.29, 0.717) is 39.8 Å². The fourth-order valence-electron chi connectivity index (χ4n) is 3.45. The van der Waals surface area contributed by atoms with E-state index in [-0.39, 0.29) is 18.4 Å². The van der Waals surface area contributed by atoms with Crippen LogP contribution >= 0.6 is 11.6 Å². The van der Waals surface area contributed by atoms with Crippen molar-refractivity contribution < 1.29 is 14.2 Å². The molecule has 0 bridgehead atoms. The summed E-state index contributed by atoms with van der Waals surface area (Å²) in [6, 6.07) is 5.53. The normalized spacial score (nSPS) is 11.1. The molecule has 3 heterocycles. The van der Waals surface area contributed by atoms with Crippen LogP contribution in [0.15, 0.2) is 30.6 Å². The van der Waals surface area contributed by atoms with Gasteiger partial charge in [0.25, 0.3) is 11.8 Å². The summed E-state index contributed by atoms with van der Waals surface area (Å²) in [5.74, 6) is 1.73. The Balaban J connectivity index is 2.13. The molecule has 4 rings (SSSR count). The Morgan fingerprint density at radius 2 is 1.84 bits per heavy atom. The van der Waals surface area contributed by atoms with E-state index in [1.807, 2.05) is 23.6 Å². The zero-order chi connectivity index (χ0) is 22.0. The predicted octanol–water partition coefficient (Wildman–Crippen LogP) is 3.65. The fraction of sp³-hybridized carbons (Fsp3) is 0.286. The van der Waals surface area contributed by atoms with Crippen molar-refractivity contribution in [1.29, 1.82) is 0 Å². The summed E-state index contributed by atoms with van der Waals surface area (Å²) >= 11 is 6.68. The maximum absolute atomic E-state index is 6.68. The number of aromatic nitrogens is 6. The van der Waals surface area contributed by atoms with Gasteiger partial charge in [0.1, 0.15) is 12.1 Å².